The van der Waals surface area contributed by atoms with E-state index in [0.717, 1.165) is 18.7 Å². The highest BCUT2D eigenvalue weighted by Crippen LogP contribution is 2.27. The van der Waals surface area contributed by atoms with Gasteiger partial charge in [0.25, 0.3) is 0 Å². The van der Waals surface area contributed by atoms with Gasteiger partial charge in [-0.05, 0) is 24.8 Å². The van der Waals surface area contributed by atoms with Gasteiger partial charge < -0.3 is 9.63 Å². The monoisotopic (exact) mass is 287 g/mol. The number of benzene rings is 1. The van der Waals surface area contributed by atoms with Gasteiger partial charge in [0.2, 0.25) is 5.89 Å². The zero-order chi connectivity index (χ0) is 14.5. The Hall–Kier alpha value is -1.72. The lowest BCUT2D eigenvalue weighted by molar-refractivity contribution is 0.167. The molecule has 1 N–H and O–H groups in total. The molecule has 1 aromatic carbocycles. The molecule has 21 heavy (non-hydrogen) atoms. The fraction of sp³-hybridized carbons (Fsp3) is 0.500. The summed E-state index contributed by atoms with van der Waals surface area (Å²) in [5, 5.41) is 13.1. The highest BCUT2D eigenvalue weighted by atomic mass is 16.5. The number of aliphatic hydroxyl groups is 1. The number of aliphatic hydroxyl groups excluding tert-OH is 1. The first kappa shape index (κ1) is 14.2. The minimum Gasteiger partial charge on any atom is -0.395 e. The minimum atomic E-state index is 0.172. The van der Waals surface area contributed by atoms with Crippen LogP contribution in [0.15, 0.2) is 34.9 Å². The second-order valence-corrected chi connectivity index (χ2v) is 5.52. The van der Waals surface area contributed by atoms with Crippen LogP contribution in [0.4, 0.5) is 0 Å². The lowest BCUT2D eigenvalue weighted by Gasteiger charge is -2.17. The molecule has 0 atom stereocenters. The highest BCUT2D eigenvalue weighted by Gasteiger charge is 2.29. The Balaban J connectivity index is 1.53. The SMILES string of the molecule is OCCN(Cc1nc(CCc2ccccc2)no1)C1CC1. The maximum absolute atomic E-state index is 9.10. The number of hydrogen-bond acceptors (Lipinski definition) is 5. The van der Waals surface area contributed by atoms with Crippen LogP contribution in [0.5, 0.6) is 0 Å². The van der Waals surface area contributed by atoms with Gasteiger partial charge in [0, 0.05) is 19.0 Å². The molecule has 1 fully saturated rings. The Morgan fingerprint density at radius 3 is 2.71 bits per heavy atom. The second kappa shape index (κ2) is 6.83. The van der Waals surface area contributed by atoms with Crippen LogP contribution in [-0.4, -0.2) is 39.3 Å². The average molecular weight is 287 g/mol. The van der Waals surface area contributed by atoms with Crippen LogP contribution in [0.3, 0.4) is 0 Å². The van der Waals surface area contributed by atoms with Gasteiger partial charge >= 0.3 is 0 Å². The quantitative estimate of drug-likeness (QED) is 0.802. The first-order chi connectivity index (χ1) is 10.3. The molecule has 0 radical (unpaired) electrons. The summed E-state index contributed by atoms with van der Waals surface area (Å²) in [6.45, 7) is 1.49. The molecule has 0 spiro atoms. The van der Waals surface area contributed by atoms with Crippen molar-refractivity contribution in [1.29, 1.82) is 0 Å². The van der Waals surface area contributed by atoms with E-state index in [1.54, 1.807) is 0 Å². The standard InChI is InChI=1S/C16H21N3O2/c20-11-10-19(14-7-8-14)12-16-17-15(18-21-16)9-6-13-4-2-1-3-5-13/h1-5,14,20H,6-12H2. The summed E-state index contributed by atoms with van der Waals surface area (Å²) in [7, 11) is 0. The van der Waals surface area contributed by atoms with Gasteiger partial charge in [-0.1, -0.05) is 35.5 Å². The van der Waals surface area contributed by atoms with E-state index in [2.05, 4.69) is 27.2 Å². The van der Waals surface area contributed by atoms with Crippen LogP contribution in [0.2, 0.25) is 0 Å². The van der Waals surface area contributed by atoms with Gasteiger partial charge in [0.15, 0.2) is 5.82 Å². The molecule has 0 aliphatic heterocycles. The van der Waals surface area contributed by atoms with Gasteiger partial charge in [0.05, 0.1) is 13.2 Å². The molecule has 0 amide bonds. The van der Waals surface area contributed by atoms with E-state index in [0.29, 0.717) is 25.0 Å². The molecule has 5 nitrogen and oxygen atoms in total. The van der Waals surface area contributed by atoms with Crippen molar-refractivity contribution in [3.05, 3.63) is 47.6 Å². The van der Waals surface area contributed by atoms with Crippen molar-refractivity contribution < 1.29 is 9.63 Å². The number of nitrogens with zero attached hydrogens (tertiary/aromatic N) is 3. The normalized spacial score (nSPS) is 14.8. The predicted octanol–water partition coefficient (Wildman–Crippen LogP) is 1.81. The molecule has 1 aliphatic rings. The average Bonchev–Trinajstić information content (AvgIpc) is 3.27. The van der Waals surface area contributed by atoms with Crippen molar-refractivity contribution in [2.24, 2.45) is 0 Å². The van der Waals surface area contributed by atoms with E-state index >= 15 is 0 Å². The first-order valence-electron chi connectivity index (χ1n) is 7.55. The smallest absolute Gasteiger partial charge is 0.240 e. The first-order valence-corrected chi connectivity index (χ1v) is 7.55. The van der Waals surface area contributed by atoms with E-state index in [9.17, 15) is 0 Å². The zero-order valence-corrected chi connectivity index (χ0v) is 12.1. The Labute approximate surface area is 124 Å². The van der Waals surface area contributed by atoms with Crippen LogP contribution >= 0.6 is 0 Å². The third-order valence-corrected chi connectivity index (χ3v) is 3.78. The maximum atomic E-state index is 9.10. The fourth-order valence-corrected chi connectivity index (χ4v) is 2.49. The third kappa shape index (κ3) is 4.12. The van der Waals surface area contributed by atoms with Crippen LogP contribution in [-0.2, 0) is 19.4 Å². The molecule has 3 rings (SSSR count). The molecule has 1 heterocycles. The molecule has 112 valence electrons. The van der Waals surface area contributed by atoms with Crippen molar-refractivity contribution in [3.8, 4) is 0 Å². The van der Waals surface area contributed by atoms with Crippen LogP contribution in [0.1, 0.15) is 30.1 Å². The van der Waals surface area contributed by atoms with E-state index in [-0.39, 0.29) is 6.61 Å². The maximum Gasteiger partial charge on any atom is 0.240 e. The summed E-state index contributed by atoms with van der Waals surface area (Å²) in [5.41, 5.74) is 1.28. The number of aryl methyl sites for hydroxylation is 2. The molecule has 1 aromatic heterocycles. The summed E-state index contributed by atoms with van der Waals surface area (Å²) < 4.78 is 5.32. The van der Waals surface area contributed by atoms with E-state index in [1.807, 2.05) is 18.2 Å². The molecule has 2 aromatic rings. The summed E-state index contributed by atoms with van der Waals surface area (Å²) in [5.74, 6) is 1.41. The van der Waals surface area contributed by atoms with Gasteiger partial charge in [-0.2, -0.15) is 4.98 Å². The lowest BCUT2D eigenvalue weighted by Crippen LogP contribution is -2.28. The van der Waals surface area contributed by atoms with Gasteiger partial charge in [0.1, 0.15) is 0 Å². The molecule has 1 aliphatic carbocycles. The molecular weight excluding hydrogens is 266 g/mol. The number of aromatic nitrogens is 2. The van der Waals surface area contributed by atoms with Crippen molar-refractivity contribution in [2.75, 3.05) is 13.2 Å². The summed E-state index contributed by atoms with van der Waals surface area (Å²) in [6.07, 6.45) is 4.11. The van der Waals surface area contributed by atoms with Crippen LogP contribution in [0, 0.1) is 0 Å². The van der Waals surface area contributed by atoms with E-state index in [4.69, 9.17) is 9.63 Å². The van der Waals surface area contributed by atoms with E-state index in [1.165, 1.54) is 18.4 Å². The Kier molecular flexibility index (Phi) is 4.62. The molecule has 1 saturated carbocycles. The zero-order valence-electron chi connectivity index (χ0n) is 12.1. The third-order valence-electron chi connectivity index (χ3n) is 3.78. The highest BCUT2D eigenvalue weighted by molar-refractivity contribution is 5.15. The fourth-order valence-electron chi connectivity index (χ4n) is 2.49. The van der Waals surface area contributed by atoms with Crippen LogP contribution in [0.25, 0.3) is 0 Å². The second-order valence-electron chi connectivity index (χ2n) is 5.52. The molecule has 5 heteroatoms. The van der Waals surface area contributed by atoms with Gasteiger partial charge in [-0.25, -0.2) is 0 Å². The molecule has 0 saturated heterocycles. The number of rotatable bonds is 8. The van der Waals surface area contributed by atoms with Crippen LogP contribution < -0.4 is 0 Å². The van der Waals surface area contributed by atoms with Crippen molar-refractivity contribution in [2.45, 2.75) is 38.3 Å². The summed E-state index contributed by atoms with van der Waals surface area (Å²) >= 11 is 0. The predicted molar refractivity (Wildman–Crippen MR) is 78.7 cm³/mol. The Morgan fingerprint density at radius 1 is 1.19 bits per heavy atom. The topological polar surface area (TPSA) is 62.4 Å². The minimum absolute atomic E-state index is 0.172. The largest absolute Gasteiger partial charge is 0.395 e. The molecular formula is C16H21N3O2. The summed E-state index contributed by atoms with van der Waals surface area (Å²) in [6, 6.07) is 10.9. The Morgan fingerprint density at radius 2 is 2.00 bits per heavy atom. The van der Waals surface area contributed by atoms with Gasteiger partial charge in [-0.15, -0.1) is 0 Å². The van der Waals surface area contributed by atoms with Gasteiger partial charge in [-0.3, -0.25) is 4.90 Å². The lowest BCUT2D eigenvalue weighted by atomic mass is 10.1. The summed E-state index contributed by atoms with van der Waals surface area (Å²) in [4.78, 5) is 6.67. The van der Waals surface area contributed by atoms with Crippen molar-refractivity contribution in [3.63, 3.8) is 0 Å². The van der Waals surface area contributed by atoms with E-state index < -0.39 is 0 Å². The van der Waals surface area contributed by atoms with Crippen molar-refractivity contribution >= 4 is 0 Å². The van der Waals surface area contributed by atoms with Crippen molar-refractivity contribution in [1.82, 2.24) is 15.0 Å². The molecule has 0 bridgehead atoms. The molecule has 0 unspecified atom stereocenters. The Bertz CT molecular complexity index is 552. The number of hydrogen-bond donors (Lipinski definition) is 1.